The average Bonchev–Trinajstić information content (AvgIpc) is 3.08. The molecule has 1 aromatic heterocycles. The zero-order valence-corrected chi connectivity index (χ0v) is 16.4. The number of likely N-dealkylation sites (tertiary alicyclic amines) is 1. The summed E-state index contributed by atoms with van der Waals surface area (Å²) in [5.41, 5.74) is -0.749. The molecule has 3 heterocycles. The number of aliphatic hydroxyl groups is 1. The van der Waals surface area contributed by atoms with E-state index in [2.05, 4.69) is 9.88 Å². The van der Waals surface area contributed by atoms with Crippen LogP contribution in [0.2, 0.25) is 0 Å². The van der Waals surface area contributed by atoms with Crippen molar-refractivity contribution in [3.05, 3.63) is 23.9 Å². The molecule has 3 rings (SSSR count). The van der Waals surface area contributed by atoms with Crippen molar-refractivity contribution in [2.45, 2.75) is 30.7 Å². The molecule has 0 saturated carbocycles. The molecule has 1 unspecified atom stereocenters. The number of hydrogen-bond acceptors (Lipinski definition) is 6. The highest BCUT2D eigenvalue weighted by molar-refractivity contribution is 7.92. The van der Waals surface area contributed by atoms with Crippen molar-refractivity contribution in [3.63, 3.8) is 0 Å². The van der Waals surface area contributed by atoms with Gasteiger partial charge in [0.05, 0.1) is 23.2 Å². The van der Waals surface area contributed by atoms with Crippen LogP contribution in [-0.4, -0.2) is 73.7 Å². The van der Waals surface area contributed by atoms with Gasteiger partial charge in [0, 0.05) is 32.4 Å². The van der Waals surface area contributed by atoms with E-state index >= 15 is 0 Å². The first-order chi connectivity index (χ1) is 13.2. The molecule has 10 heteroatoms. The standard InChI is InChI=1S/C18H26F3N3O3S/c19-18(20,21)15-1-5-22-17(11-15)24-7-3-16(4-8-24)28(26,27)13-14-2-6-23(12-14)9-10-25/h1,5,11,14,16,25H,2-4,6-10,12-13H2. The second kappa shape index (κ2) is 8.54. The lowest BCUT2D eigenvalue weighted by atomic mass is 10.1. The molecule has 0 amide bonds. The Hall–Kier alpha value is -1.39. The molecule has 1 N–H and O–H groups in total. The first kappa shape index (κ1) is 21.3. The maximum Gasteiger partial charge on any atom is 0.416 e. The van der Waals surface area contributed by atoms with Crippen LogP contribution in [0.1, 0.15) is 24.8 Å². The molecule has 6 nitrogen and oxygen atoms in total. The van der Waals surface area contributed by atoms with E-state index in [4.69, 9.17) is 5.11 Å². The van der Waals surface area contributed by atoms with Crippen molar-refractivity contribution in [3.8, 4) is 0 Å². The van der Waals surface area contributed by atoms with E-state index in [1.165, 1.54) is 0 Å². The zero-order chi connectivity index (χ0) is 20.4. The van der Waals surface area contributed by atoms with Crippen LogP contribution in [0.4, 0.5) is 19.0 Å². The molecule has 2 aliphatic rings. The molecule has 1 atom stereocenters. The first-order valence-corrected chi connectivity index (χ1v) is 11.2. The molecule has 1 aromatic rings. The van der Waals surface area contributed by atoms with Crippen LogP contribution in [0.15, 0.2) is 18.3 Å². The minimum Gasteiger partial charge on any atom is -0.395 e. The summed E-state index contributed by atoms with van der Waals surface area (Å²) < 4.78 is 64.2. The number of halogens is 3. The molecular weight excluding hydrogens is 395 g/mol. The third kappa shape index (κ3) is 5.15. The van der Waals surface area contributed by atoms with Crippen LogP contribution in [0.25, 0.3) is 0 Å². The number of pyridine rings is 1. The van der Waals surface area contributed by atoms with E-state index in [0.717, 1.165) is 31.3 Å². The summed E-state index contributed by atoms with van der Waals surface area (Å²) in [5, 5.41) is 8.54. The molecule has 2 fully saturated rings. The van der Waals surface area contributed by atoms with Gasteiger partial charge in [-0.2, -0.15) is 13.2 Å². The summed E-state index contributed by atoms with van der Waals surface area (Å²) in [6.07, 6.45) is -1.68. The average molecular weight is 421 g/mol. The van der Waals surface area contributed by atoms with Crippen molar-refractivity contribution < 1.29 is 26.7 Å². The third-order valence-corrected chi connectivity index (χ3v) is 8.02. The number of aromatic nitrogens is 1. The van der Waals surface area contributed by atoms with Crippen molar-refractivity contribution >= 4 is 15.7 Å². The van der Waals surface area contributed by atoms with E-state index in [9.17, 15) is 21.6 Å². The second-order valence-electron chi connectivity index (χ2n) is 7.60. The number of sulfone groups is 1. The number of rotatable bonds is 6. The fourth-order valence-corrected chi connectivity index (χ4v) is 6.20. The van der Waals surface area contributed by atoms with Crippen LogP contribution in [0, 0.1) is 5.92 Å². The molecule has 28 heavy (non-hydrogen) atoms. The van der Waals surface area contributed by atoms with Crippen LogP contribution in [0.5, 0.6) is 0 Å². The number of β-amino-alcohol motifs (C(OH)–C–C–N with tert-alkyl or cyclic N) is 1. The van der Waals surface area contributed by atoms with Gasteiger partial charge in [0.25, 0.3) is 0 Å². The van der Waals surface area contributed by atoms with Gasteiger partial charge < -0.3 is 14.9 Å². The predicted molar refractivity (Wildman–Crippen MR) is 99.9 cm³/mol. The number of nitrogens with zero attached hydrogens (tertiary/aromatic N) is 3. The van der Waals surface area contributed by atoms with Crippen LogP contribution in [0.3, 0.4) is 0 Å². The fourth-order valence-electron chi connectivity index (χ4n) is 4.07. The van der Waals surface area contributed by atoms with Crippen molar-refractivity contribution in [2.75, 3.05) is 50.0 Å². The highest BCUT2D eigenvalue weighted by Gasteiger charge is 2.35. The quantitative estimate of drug-likeness (QED) is 0.755. The van der Waals surface area contributed by atoms with Gasteiger partial charge in [-0.3, -0.25) is 0 Å². The van der Waals surface area contributed by atoms with Gasteiger partial charge in [0.1, 0.15) is 5.82 Å². The normalized spacial score (nSPS) is 22.7. The number of alkyl halides is 3. The maximum atomic E-state index is 12.9. The van der Waals surface area contributed by atoms with E-state index < -0.39 is 26.8 Å². The number of aliphatic hydroxyl groups excluding tert-OH is 1. The summed E-state index contributed by atoms with van der Waals surface area (Å²) in [6, 6.07) is 1.95. The lowest BCUT2D eigenvalue weighted by molar-refractivity contribution is -0.137. The fraction of sp³-hybridized carbons (Fsp3) is 0.722. The number of anilines is 1. The maximum absolute atomic E-state index is 12.9. The Morgan fingerprint density at radius 1 is 1.18 bits per heavy atom. The summed E-state index contributed by atoms with van der Waals surface area (Å²) >= 11 is 0. The lowest BCUT2D eigenvalue weighted by Gasteiger charge is -2.33. The topological polar surface area (TPSA) is 73.7 Å². The third-order valence-electron chi connectivity index (χ3n) is 5.60. The molecule has 2 aliphatic heterocycles. The molecule has 2 saturated heterocycles. The van der Waals surface area contributed by atoms with Crippen molar-refractivity contribution in [1.29, 1.82) is 0 Å². The van der Waals surface area contributed by atoms with Gasteiger partial charge in [-0.05, 0) is 43.9 Å². The molecule has 0 aliphatic carbocycles. The molecule has 0 bridgehead atoms. The molecular formula is C18H26F3N3O3S. The lowest BCUT2D eigenvalue weighted by Crippen LogP contribution is -2.41. The molecule has 0 radical (unpaired) electrons. The van der Waals surface area contributed by atoms with Gasteiger partial charge in [0.2, 0.25) is 0 Å². The summed E-state index contributed by atoms with van der Waals surface area (Å²) in [5.74, 6) is 0.460. The first-order valence-electron chi connectivity index (χ1n) is 9.52. The van der Waals surface area contributed by atoms with Gasteiger partial charge in [-0.1, -0.05) is 0 Å². The van der Waals surface area contributed by atoms with Crippen molar-refractivity contribution in [2.24, 2.45) is 5.92 Å². The van der Waals surface area contributed by atoms with Crippen LogP contribution in [-0.2, 0) is 16.0 Å². The van der Waals surface area contributed by atoms with Gasteiger partial charge >= 0.3 is 6.18 Å². The zero-order valence-electron chi connectivity index (χ0n) is 15.6. The van der Waals surface area contributed by atoms with Gasteiger partial charge in [-0.25, -0.2) is 13.4 Å². The molecule has 0 aromatic carbocycles. The van der Waals surface area contributed by atoms with E-state index in [1.807, 2.05) is 0 Å². The largest absolute Gasteiger partial charge is 0.416 e. The SMILES string of the molecule is O=S(=O)(CC1CCN(CCO)C1)C1CCN(c2cc(C(F)(F)F)ccn2)CC1. The Balaban J connectivity index is 1.56. The minimum atomic E-state index is -4.43. The smallest absolute Gasteiger partial charge is 0.395 e. The summed E-state index contributed by atoms with van der Waals surface area (Å²) in [6.45, 7) is 2.88. The summed E-state index contributed by atoms with van der Waals surface area (Å²) in [4.78, 5) is 7.82. The second-order valence-corrected chi connectivity index (χ2v) is 9.92. The highest BCUT2D eigenvalue weighted by atomic mass is 32.2. The Bertz CT molecular complexity index is 765. The molecule has 158 valence electrons. The van der Waals surface area contributed by atoms with E-state index in [1.54, 1.807) is 4.90 Å². The van der Waals surface area contributed by atoms with Crippen LogP contribution < -0.4 is 4.90 Å². The monoisotopic (exact) mass is 421 g/mol. The number of hydrogen-bond donors (Lipinski definition) is 1. The minimum absolute atomic E-state index is 0.0709. The Labute approximate surface area is 163 Å². The van der Waals surface area contributed by atoms with Gasteiger partial charge in [0.15, 0.2) is 9.84 Å². The summed E-state index contributed by atoms with van der Waals surface area (Å²) in [7, 11) is -3.26. The Morgan fingerprint density at radius 2 is 1.89 bits per heavy atom. The molecule has 0 spiro atoms. The Kier molecular flexibility index (Phi) is 6.51. The van der Waals surface area contributed by atoms with E-state index in [-0.39, 0.29) is 24.1 Å². The highest BCUT2D eigenvalue weighted by Crippen LogP contribution is 2.32. The predicted octanol–water partition coefficient (Wildman–Crippen LogP) is 1.80. The van der Waals surface area contributed by atoms with Gasteiger partial charge in [-0.15, -0.1) is 0 Å². The number of piperidine rings is 1. The van der Waals surface area contributed by atoms with Crippen molar-refractivity contribution in [1.82, 2.24) is 9.88 Å². The Morgan fingerprint density at radius 3 is 2.54 bits per heavy atom. The van der Waals surface area contributed by atoms with E-state index in [0.29, 0.717) is 39.0 Å². The van der Waals surface area contributed by atoms with Crippen LogP contribution >= 0.6 is 0 Å².